The highest BCUT2D eigenvalue weighted by Gasteiger charge is 2.20. The van der Waals surface area contributed by atoms with Gasteiger partial charge in [-0.2, -0.15) is 0 Å². The fourth-order valence-corrected chi connectivity index (χ4v) is 11.4. The largest absolute Gasteiger partial charge is 0.466 e. The number of ether oxygens (including phenoxy) is 1. The summed E-state index contributed by atoms with van der Waals surface area (Å²) < 4.78 is 5.51. The van der Waals surface area contributed by atoms with Crippen molar-refractivity contribution in [2.24, 2.45) is 0 Å². The quantitative estimate of drug-likeness (QED) is 0.0320. The molecule has 0 bridgehead atoms. The van der Waals surface area contributed by atoms with E-state index in [1.54, 1.807) is 0 Å². The van der Waals surface area contributed by atoms with E-state index in [1.807, 2.05) is 0 Å². The topological polar surface area (TPSA) is 95.9 Å². The molecule has 0 fully saturated rings. The molecule has 458 valence electrons. The Bertz CT molecular complexity index is 1160. The molecule has 6 heteroatoms. The number of allylic oxidation sites excluding steroid dienone is 2. The van der Waals surface area contributed by atoms with Gasteiger partial charge in [0.1, 0.15) is 0 Å². The number of aliphatic hydroxyl groups excluding tert-OH is 2. The van der Waals surface area contributed by atoms with Crippen LogP contribution in [0.15, 0.2) is 12.2 Å². The van der Waals surface area contributed by atoms with Crippen LogP contribution >= 0.6 is 0 Å². The fourth-order valence-electron chi connectivity index (χ4n) is 11.4. The number of aliphatic hydroxyl groups is 2. The van der Waals surface area contributed by atoms with Gasteiger partial charge in [-0.25, -0.2) is 0 Å². The van der Waals surface area contributed by atoms with E-state index in [4.69, 9.17) is 4.74 Å². The van der Waals surface area contributed by atoms with Crippen molar-refractivity contribution in [3.8, 4) is 0 Å². The Kier molecular flexibility index (Phi) is 65.9. The molecule has 2 unspecified atom stereocenters. The van der Waals surface area contributed by atoms with Gasteiger partial charge in [0.2, 0.25) is 5.91 Å². The minimum atomic E-state index is -0.659. The minimum Gasteiger partial charge on any atom is -0.466 e. The van der Waals surface area contributed by atoms with E-state index in [0.717, 1.165) is 38.5 Å². The molecule has 0 radical (unpaired) electrons. The molecule has 0 aromatic carbocycles. The van der Waals surface area contributed by atoms with Crippen LogP contribution in [0.2, 0.25) is 0 Å². The third-order valence-corrected chi connectivity index (χ3v) is 16.8. The number of carbonyl (C=O) groups is 2. The molecule has 1 amide bonds. The summed E-state index contributed by atoms with van der Waals surface area (Å²) in [4.78, 5) is 24.5. The summed E-state index contributed by atoms with van der Waals surface area (Å²) >= 11 is 0. The van der Waals surface area contributed by atoms with Crippen molar-refractivity contribution < 1.29 is 24.5 Å². The Morgan fingerprint density at radius 1 is 0.351 bits per heavy atom. The van der Waals surface area contributed by atoms with E-state index in [1.165, 1.54) is 334 Å². The van der Waals surface area contributed by atoms with Gasteiger partial charge in [-0.15, -0.1) is 0 Å². The van der Waals surface area contributed by atoms with Crippen molar-refractivity contribution in [1.29, 1.82) is 0 Å². The second kappa shape index (κ2) is 67.1. The molecule has 0 aromatic heterocycles. The lowest BCUT2D eigenvalue weighted by Gasteiger charge is -2.22. The van der Waals surface area contributed by atoms with Crippen molar-refractivity contribution in [2.75, 3.05) is 13.2 Å². The molecular weight excluding hydrogens is 947 g/mol. The van der Waals surface area contributed by atoms with Gasteiger partial charge in [0.25, 0.3) is 0 Å². The molecule has 6 nitrogen and oxygen atoms in total. The first-order valence-corrected chi connectivity index (χ1v) is 35.4. The molecule has 0 heterocycles. The zero-order valence-electron chi connectivity index (χ0n) is 52.5. The lowest BCUT2D eigenvalue weighted by molar-refractivity contribution is -0.143. The van der Waals surface area contributed by atoms with Gasteiger partial charge in [-0.1, -0.05) is 353 Å². The van der Waals surface area contributed by atoms with Crippen LogP contribution in [0.5, 0.6) is 0 Å². The molecule has 0 aliphatic carbocycles. The van der Waals surface area contributed by atoms with Crippen LogP contribution in [0.1, 0.15) is 406 Å². The van der Waals surface area contributed by atoms with Crippen LogP contribution in [-0.2, 0) is 14.3 Å². The highest BCUT2D eigenvalue weighted by atomic mass is 16.5. The summed E-state index contributed by atoms with van der Waals surface area (Å²) in [7, 11) is 0. The Morgan fingerprint density at radius 2 is 0.610 bits per heavy atom. The zero-order chi connectivity index (χ0) is 55.7. The SMILES string of the molecule is CCCCCCCCCCCCCCCCCCCC(=O)OCCCCCCCCCCCCCC/C=C\CCCCCCCCCCCCCCCCCCCC(=O)NC(CO)C(O)CCCCCCCCCCCC. The van der Waals surface area contributed by atoms with Gasteiger partial charge in [0, 0.05) is 12.8 Å². The van der Waals surface area contributed by atoms with Crippen molar-refractivity contribution in [1.82, 2.24) is 5.32 Å². The van der Waals surface area contributed by atoms with Gasteiger partial charge in [0.05, 0.1) is 25.4 Å². The van der Waals surface area contributed by atoms with Crippen LogP contribution in [0, 0.1) is 0 Å². The van der Waals surface area contributed by atoms with Crippen molar-refractivity contribution in [2.45, 2.75) is 418 Å². The van der Waals surface area contributed by atoms with Crippen LogP contribution in [0.3, 0.4) is 0 Å². The summed E-state index contributed by atoms with van der Waals surface area (Å²) in [6, 6.07) is -0.536. The average molecular weight is 1090 g/mol. The number of nitrogens with one attached hydrogen (secondary N) is 1. The molecule has 77 heavy (non-hydrogen) atoms. The minimum absolute atomic E-state index is 0.0235. The number of rotatable bonds is 67. The fraction of sp³-hybridized carbons (Fsp3) is 0.944. The summed E-state index contributed by atoms with van der Waals surface area (Å²) in [6.07, 6.45) is 82.8. The molecule has 0 aliphatic rings. The predicted molar refractivity (Wildman–Crippen MR) is 338 cm³/mol. The van der Waals surface area contributed by atoms with E-state index in [2.05, 4.69) is 31.3 Å². The molecule has 0 spiro atoms. The molecule has 0 rings (SSSR count). The molecule has 0 aliphatic heterocycles. The number of unbranched alkanes of at least 4 members (excludes halogenated alkanes) is 54. The van der Waals surface area contributed by atoms with Gasteiger partial charge >= 0.3 is 5.97 Å². The van der Waals surface area contributed by atoms with Gasteiger partial charge < -0.3 is 20.3 Å². The average Bonchev–Trinajstić information content (AvgIpc) is 3.43. The highest BCUT2D eigenvalue weighted by molar-refractivity contribution is 5.76. The second-order valence-corrected chi connectivity index (χ2v) is 24.6. The van der Waals surface area contributed by atoms with E-state index >= 15 is 0 Å². The first-order valence-electron chi connectivity index (χ1n) is 35.4. The summed E-state index contributed by atoms with van der Waals surface area (Å²) in [5, 5.41) is 23.2. The van der Waals surface area contributed by atoms with E-state index in [0.29, 0.717) is 25.9 Å². The number of esters is 1. The molecule has 2 atom stereocenters. The maximum atomic E-state index is 12.4. The first kappa shape index (κ1) is 75.6. The Balaban J connectivity index is 3.30. The number of amides is 1. The van der Waals surface area contributed by atoms with Crippen molar-refractivity contribution >= 4 is 11.9 Å². The predicted octanol–water partition coefficient (Wildman–Crippen LogP) is 22.8. The molecular formula is C71H139NO5. The lowest BCUT2D eigenvalue weighted by Crippen LogP contribution is -2.45. The lowest BCUT2D eigenvalue weighted by atomic mass is 10.0. The molecule has 0 saturated heterocycles. The third-order valence-electron chi connectivity index (χ3n) is 16.8. The molecule has 0 saturated carbocycles. The zero-order valence-corrected chi connectivity index (χ0v) is 52.5. The maximum absolute atomic E-state index is 12.4. The van der Waals surface area contributed by atoms with E-state index in [-0.39, 0.29) is 18.5 Å². The van der Waals surface area contributed by atoms with Crippen LogP contribution < -0.4 is 5.32 Å². The maximum Gasteiger partial charge on any atom is 0.305 e. The summed E-state index contributed by atoms with van der Waals surface area (Å²) in [5.74, 6) is -0.00788. The Morgan fingerprint density at radius 3 is 0.922 bits per heavy atom. The van der Waals surface area contributed by atoms with Crippen LogP contribution in [0.4, 0.5) is 0 Å². The second-order valence-electron chi connectivity index (χ2n) is 24.6. The smallest absolute Gasteiger partial charge is 0.305 e. The summed E-state index contributed by atoms with van der Waals surface area (Å²) in [6.45, 7) is 4.98. The normalized spacial score (nSPS) is 12.5. The van der Waals surface area contributed by atoms with Gasteiger partial charge in [-0.3, -0.25) is 9.59 Å². The summed E-state index contributed by atoms with van der Waals surface area (Å²) in [5.41, 5.74) is 0. The Hall–Kier alpha value is -1.40. The standard InChI is InChI=1S/C71H139NO5/c1-3-5-7-9-11-13-15-16-17-35-39-42-45-49-53-57-61-65-71(76)77-66-62-58-54-50-46-43-40-37-34-32-30-28-26-24-22-20-18-19-21-23-25-27-29-31-33-36-38-41-44-48-52-56-60-64-70(75)72-68(67-73)69(74)63-59-55-51-47-14-12-10-8-6-4-2/h22,24,68-69,73-74H,3-21,23,25-67H2,1-2H3,(H,72,75)/b24-22-. The Labute approximate surface area is 482 Å². The number of carbonyl (C=O) groups excluding carboxylic acids is 2. The van der Waals surface area contributed by atoms with Crippen LogP contribution in [0.25, 0.3) is 0 Å². The first-order chi connectivity index (χ1) is 38.0. The third kappa shape index (κ3) is 63.6. The van der Waals surface area contributed by atoms with Crippen LogP contribution in [-0.4, -0.2) is 47.4 Å². The molecule has 3 N–H and O–H groups in total. The molecule has 0 aromatic rings. The highest BCUT2D eigenvalue weighted by Crippen LogP contribution is 2.19. The van der Waals surface area contributed by atoms with Crippen molar-refractivity contribution in [3.05, 3.63) is 12.2 Å². The van der Waals surface area contributed by atoms with Gasteiger partial charge in [-0.05, 0) is 51.4 Å². The number of hydrogen-bond donors (Lipinski definition) is 3. The van der Waals surface area contributed by atoms with E-state index in [9.17, 15) is 19.8 Å². The van der Waals surface area contributed by atoms with E-state index < -0.39 is 12.1 Å². The van der Waals surface area contributed by atoms with Gasteiger partial charge in [0.15, 0.2) is 0 Å². The van der Waals surface area contributed by atoms with Crippen molar-refractivity contribution in [3.63, 3.8) is 0 Å². The monoisotopic (exact) mass is 1090 g/mol. The number of hydrogen-bond acceptors (Lipinski definition) is 5.